The molecule has 0 saturated heterocycles. The summed E-state index contributed by atoms with van der Waals surface area (Å²) >= 11 is 0. The molecule has 1 aromatic heterocycles. The van der Waals surface area contributed by atoms with Crippen LogP contribution in [0.5, 0.6) is 0 Å². The van der Waals surface area contributed by atoms with Crippen LogP contribution in [0.3, 0.4) is 0 Å². The molecule has 0 aliphatic rings. The van der Waals surface area contributed by atoms with Crippen LogP contribution in [0.1, 0.15) is 17.0 Å². The van der Waals surface area contributed by atoms with E-state index in [0.29, 0.717) is 43.6 Å². The second-order valence-electron chi connectivity index (χ2n) is 4.91. The van der Waals surface area contributed by atoms with Gasteiger partial charge in [-0.05, 0) is 31.0 Å². The fourth-order valence-corrected chi connectivity index (χ4v) is 2.03. The van der Waals surface area contributed by atoms with Gasteiger partial charge in [-0.15, -0.1) is 0 Å². The van der Waals surface area contributed by atoms with Crippen molar-refractivity contribution < 1.29 is 14.0 Å². The van der Waals surface area contributed by atoms with E-state index in [2.05, 4.69) is 10.1 Å². The number of rotatable bonds is 7. The molecule has 1 heterocycles. The Hall–Kier alpha value is -1.92. The van der Waals surface area contributed by atoms with Crippen LogP contribution in [0.4, 0.5) is 5.69 Å². The molecule has 0 spiro atoms. The lowest BCUT2D eigenvalue weighted by Gasteiger charge is -2.06. The highest BCUT2D eigenvalue weighted by molar-refractivity contribution is 5.74. The van der Waals surface area contributed by atoms with Gasteiger partial charge in [0.15, 0.2) is 5.82 Å². The minimum absolute atomic E-state index is 0.450. The van der Waals surface area contributed by atoms with Crippen LogP contribution in [0.2, 0.25) is 0 Å². The lowest BCUT2D eigenvalue weighted by molar-refractivity contribution is 0.0714. The average molecular weight is 291 g/mol. The number of methoxy groups -OCH3 is 1. The molecule has 2 rings (SSSR count). The zero-order chi connectivity index (χ0) is 15.2. The standard InChI is InChI=1S/C15H21N3O3/c1-10-8-11(2)14(16)12(9-10)15-17-13(18-21-15)4-5-20-7-6-19-3/h8-9H,4-7,16H2,1-3H3. The van der Waals surface area contributed by atoms with Gasteiger partial charge in [0.2, 0.25) is 0 Å². The maximum atomic E-state index is 6.08. The SMILES string of the molecule is COCCOCCc1noc(-c2cc(C)cc(C)c2N)n1. The monoisotopic (exact) mass is 291 g/mol. The molecule has 0 aliphatic heterocycles. The Balaban J connectivity index is 2.03. The number of anilines is 1. The number of hydrogen-bond donors (Lipinski definition) is 1. The van der Waals surface area contributed by atoms with E-state index in [0.717, 1.165) is 16.7 Å². The molecule has 0 unspecified atom stereocenters. The minimum Gasteiger partial charge on any atom is -0.398 e. The summed E-state index contributed by atoms with van der Waals surface area (Å²) in [6.45, 7) is 5.65. The second kappa shape index (κ2) is 7.19. The van der Waals surface area contributed by atoms with Crippen molar-refractivity contribution in [1.82, 2.24) is 10.1 Å². The third kappa shape index (κ3) is 4.03. The highest BCUT2D eigenvalue weighted by atomic mass is 16.5. The smallest absolute Gasteiger partial charge is 0.260 e. The normalized spacial score (nSPS) is 11.0. The predicted octanol–water partition coefficient (Wildman–Crippen LogP) is 2.14. The summed E-state index contributed by atoms with van der Waals surface area (Å²) in [5.74, 6) is 1.06. The van der Waals surface area contributed by atoms with Gasteiger partial charge >= 0.3 is 0 Å². The van der Waals surface area contributed by atoms with Gasteiger partial charge in [-0.1, -0.05) is 11.2 Å². The number of ether oxygens (including phenoxy) is 2. The zero-order valence-corrected chi connectivity index (χ0v) is 12.7. The van der Waals surface area contributed by atoms with E-state index in [1.807, 2.05) is 26.0 Å². The number of aryl methyl sites for hydroxylation is 2. The van der Waals surface area contributed by atoms with E-state index in [1.54, 1.807) is 7.11 Å². The number of nitrogens with zero attached hydrogens (tertiary/aromatic N) is 2. The molecular formula is C15H21N3O3. The van der Waals surface area contributed by atoms with Gasteiger partial charge in [0.1, 0.15) is 0 Å². The number of benzene rings is 1. The average Bonchev–Trinajstić information content (AvgIpc) is 2.91. The summed E-state index contributed by atoms with van der Waals surface area (Å²) in [7, 11) is 1.64. The van der Waals surface area contributed by atoms with E-state index in [1.165, 1.54) is 0 Å². The van der Waals surface area contributed by atoms with Crippen molar-refractivity contribution >= 4 is 5.69 Å². The van der Waals surface area contributed by atoms with Crippen molar-refractivity contribution in [2.24, 2.45) is 0 Å². The molecule has 0 fully saturated rings. The molecule has 2 aromatic rings. The summed E-state index contributed by atoms with van der Waals surface area (Å²) < 4.78 is 15.6. The van der Waals surface area contributed by atoms with E-state index < -0.39 is 0 Å². The quantitative estimate of drug-likeness (QED) is 0.621. The van der Waals surface area contributed by atoms with Crippen molar-refractivity contribution in [3.8, 4) is 11.5 Å². The number of nitrogen functional groups attached to an aromatic ring is 1. The molecule has 6 heteroatoms. The molecule has 21 heavy (non-hydrogen) atoms. The molecule has 0 atom stereocenters. The number of aromatic nitrogens is 2. The Kier molecular flexibility index (Phi) is 5.30. The van der Waals surface area contributed by atoms with E-state index >= 15 is 0 Å². The first-order valence-corrected chi connectivity index (χ1v) is 6.88. The van der Waals surface area contributed by atoms with Crippen LogP contribution >= 0.6 is 0 Å². The van der Waals surface area contributed by atoms with Crippen LogP contribution in [-0.2, 0) is 15.9 Å². The van der Waals surface area contributed by atoms with Crippen molar-refractivity contribution in [2.75, 3.05) is 32.7 Å². The third-order valence-corrected chi connectivity index (χ3v) is 3.13. The van der Waals surface area contributed by atoms with E-state index in [-0.39, 0.29) is 0 Å². The van der Waals surface area contributed by atoms with Crippen molar-refractivity contribution in [2.45, 2.75) is 20.3 Å². The summed E-state index contributed by atoms with van der Waals surface area (Å²) in [6, 6.07) is 3.98. The second-order valence-corrected chi connectivity index (χ2v) is 4.91. The van der Waals surface area contributed by atoms with E-state index in [9.17, 15) is 0 Å². The highest BCUT2D eigenvalue weighted by Crippen LogP contribution is 2.28. The summed E-state index contributed by atoms with van der Waals surface area (Å²) in [4.78, 5) is 4.37. The summed E-state index contributed by atoms with van der Waals surface area (Å²) in [6.07, 6.45) is 0.595. The molecule has 1 aromatic carbocycles. The molecule has 0 radical (unpaired) electrons. The van der Waals surface area contributed by atoms with Gasteiger partial charge in [-0.2, -0.15) is 4.98 Å². The number of hydrogen-bond acceptors (Lipinski definition) is 6. The lowest BCUT2D eigenvalue weighted by Crippen LogP contribution is -2.05. The molecule has 6 nitrogen and oxygen atoms in total. The van der Waals surface area contributed by atoms with Gasteiger partial charge in [-0.25, -0.2) is 0 Å². The van der Waals surface area contributed by atoms with Crippen LogP contribution < -0.4 is 5.73 Å². The van der Waals surface area contributed by atoms with Gasteiger partial charge in [0.25, 0.3) is 5.89 Å². The molecule has 0 aliphatic carbocycles. The first kappa shape index (κ1) is 15.5. The Morgan fingerprint density at radius 1 is 1.19 bits per heavy atom. The van der Waals surface area contributed by atoms with Crippen LogP contribution in [0, 0.1) is 13.8 Å². The van der Waals surface area contributed by atoms with Crippen molar-refractivity contribution in [3.05, 3.63) is 29.1 Å². The van der Waals surface area contributed by atoms with Gasteiger partial charge in [0.05, 0.1) is 25.4 Å². The van der Waals surface area contributed by atoms with Gasteiger partial charge in [0, 0.05) is 19.2 Å². The van der Waals surface area contributed by atoms with E-state index in [4.69, 9.17) is 19.7 Å². The van der Waals surface area contributed by atoms with Crippen molar-refractivity contribution in [3.63, 3.8) is 0 Å². The fraction of sp³-hybridized carbons (Fsp3) is 0.467. The van der Waals surface area contributed by atoms with Crippen molar-refractivity contribution in [1.29, 1.82) is 0 Å². The minimum atomic E-state index is 0.450. The first-order valence-electron chi connectivity index (χ1n) is 6.88. The Bertz CT molecular complexity index is 596. The molecule has 0 saturated carbocycles. The summed E-state index contributed by atoms with van der Waals surface area (Å²) in [5, 5.41) is 3.96. The third-order valence-electron chi connectivity index (χ3n) is 3.13. The van der Waals surface area contributed by atoms with Gasteiger partial charge < -0.3 is 19.7 Å². The Morgan fingerprint density at radius 2 is 2.00 bits per heavy atom. The van der Waals surface area contributed by atoms with Crippen LogP contribution in [0.25, 0.3) is 11.5 Å². The van der Waals surface area contributed by atoms with Crippen LogP contribution in [0.15, 0.2) is 16.7 Å². The first-order chi connectivity index (χ1) is 10.1. The summed E-state index contributed by atoms with van der Waals surface area (Å²) in [5.41, 5.74) is 9.66. The lowest BCUT2D eigenvalue weighted by atomic mass is 10.0. The predicted molar refractivity (Wildman–Crippen MR) is 80.0 cm³/mol. The zero-order valence-electron chi connectivity index (χ0n) is 12.7. The molecule has 0 amide bonds. The highest BCUT2D eigenvalue weighted by Gasteiger charge is 2.13. The molecule has 114 valence electrons. The van der Waals surface area contributed by atoms with Crippen LogP contribution in [-0.4, -0.2) is 37.1 Å². The molecular weight excluding hydrogens is 270 g/mol. The fourth-order valence-electron chi connectivity index (χ4n) is 2.03. The molecule has 0 bridgehead atoms. The topological polar surface area (TPSA) is 83.4 Å². The Labute approximate surface area is 124 Å². The largest absolute Gasteiger partial charge is 0.398 e. The van der Waals surface area contributed by atoms with Gasteiger partial charge in [-0.3, -0.25) is 0 Å². The molecule has 2 N–H and O–H groups in total. The maximum absolute atomic E-state index is 6.08. The maximum Gasteiger partial charge on any atom is 0.260 e. The Morgan fingerprint density at radius 3 is 2.76 bits per heavy atom. The number of nitrogens with two attached hydrogens (primary N) is 1.